The van der Waals surface area contributed by atoms with Gasteiger partial charge >= 0.3 is 0 Å². The third-order valence-corrected chi connectivity index (χ3v) is 6.52. The van der Waals surface area contributed by atoms with Gasteiger partial charge in [0.2, 0.25) is 0 Å². The molecule has 2 rings (SSSR count). The van der Waals surface area contributed by atoms with Crippen LogP contribution in [0.5, 0.6) is 0 Å². The molecular weight excluding hydrogens is 416 g/mol. The molecule has 0 aromatic heterocycles. The van der Waals surface area contributed by atoms with Crippen molar-refractivity contribution in [2.75, 3.05) is 0 Å². The van der Waals surface area contributed by atoms with Crippen molar-refractivity contribution in [2.24, 2.45) is 23.7 Å². The van der Waals surface area contributed by atoms with E-state index in [0.29, 0.717) is 6.42 Å². The van der Waals surface area contributed by atoms with Crippen molar-refractivity contribution < 1.29 is 0 Å². The minimum Gasteiger partial charge on any atom is -0.123 e. The van der Waals surface area contributed by atoms with E-state index in [1.54, 1.807) is 0 Å². The fourth-order valence-electron chi connectivity index (χ4n) is 3.57. The second-order valence-electron chi connectivity index (χ2n) is 5.41. The second kappa shape index (κ2) is 6.08. The standard InChI is InChI=1S/C11H12Cl8/c12-7(3-10(14,15)16)5-1-4-2-6(5)9(13)8(4)11(17,18)19/h4-9H,1-3H2/t4-,5?,6-,7?,8+,9+/m0/s1. The Hall–Kier alpha value is 2.32. The van der Waals surface area contributed by atoms with E-state index in [9.17, 15) is 0 Å². The summed E-state index contributed by atoms with van der Waals surface area (Å²) in [5, 5.41) is -0.409. The lowest BCUT2D eigenvalue weighted by atomic mass is 9.80. The van der Waals surface area contributed by atoms with E-state index in [2.05, 4.69) is 0 Å². The van der Waals surface area contributed by atoms with Gasteiger partial charge in [-0.25, -0.2) is 0 Å². The van der Waals surface area contributed by atoms with Crippen LogP contribution < -0.4 is 0 Å². The lowest BCUT2D eigenvalue weighted by molar-refractivity contribution is 0.254. The van der Waals surface area contributed by atoms with Gasteiger partial charge in [-0.1, -0.05) is 69.6 Å². The van der Waals surface area contributed by atoms with Crippen LogP contribution in [-0.4, -0.2) is 18.3 Å². The predicted molar refractivity (Wildman–Crippen MR) is 87.7 cm³/mol. The minimum atomic E-state index is -1.34. The van der Waals surface area contributed by atoms with Gasteiger partial charge in [-0.15, -0.1) is 23.2 Å². The highest BCUT2D eigenvalue weighted by molar-refractivity contribution is 6.68. The summed E-state index contributed by atoms with van der Waals surface area (Å²) in [4.78, 5) is 0. The van der Waals surface area contributed by atoms with Gasteiger partial charge in [-0.05, 0) is 30.6 Å². The van der Waals surface area contributed by atoms with E-state index in [4.69, 9.17) is 92.8 Å². The topological polar surface area (TPSA) is 0 Å². The van der Waals surface area contributed by atoms with Gasteiger partial charge in [0.25, 0.3) is 0 Å². The Morgan fingerprint density at radius 3 is 2.00 bits per heavy atom. The van der Waals surface area contributed by atoms with Crippen molar-refractivity contribution in [1.82, 2.24) is 0 Å². The third-order valence-electron chi connectivity index (χ3n) is 4.23. The first-order valence-electron chi connectivity index (χ1n) is 5.92. The number of rotatable bonds is 2. The minimum absolute atomic E-state index is 0.128. The average molecular weight is 428 g/mol. The van der Waals surface area contributed by atoms with E-state index < -0.39 is 7.59 Å². The van der Waals surface area contributed by atoms with Crippen LogP contribution in [0.3, 0.4) is 0 Å². The maximum atomic E-state index is 6.46. The Bertz CT molecular complexity index is 331. The van der Waals surface area contributed by atoms with Gasteiger partial charge in [-0.2, -0.15) is 0 Å². The first kappa shape index (κ1) is 17.7. The maximum Gasteiger partial charge on any atom is 0.195 e. The molecule has 2 bridgehead atoms. The van der Waals surface area contributed by atoms with E-state index in [-0.39, 0.29) is 34.4 Å². The molecule has 0 radical (unpaired) electrons. The summed E-state index contributed by atoms with van der Waals surface area (Å²) in [5.41, 5.74) is 0. The lowest BCUT2D eigenvalue weighted by Crippen LogP contribution is -2.39. The smallest absolute Gasteiger partial charge is 0.123 e. The molecule has 0 aromatic rings. The molecular formula is C11H12Cl8. The van der Waals surface area contributed by atoms with Gasteiger partial charge in [0.1, 0.15) is 0 Å². The van der Waals surface area contributed by atoms with E-state index >= 15 is 0 Å². The summed E-state index contributed by atoms with van der Waals surface area (Å²) in [5.74, 6) is 0.592. The van der Waals surface area contributed by atoms with Crippen LogP contribution in [0.15, 0.2) is 0 Å². The molecule has 0 heterocycles. The van der Waals surface area contributed by atoms with Crippen LogP contribution in [0.25, 0.3) is 0 Å². The average Bonchev–Trinajstić information content (AvgIpc) is 2.69. The first-order valence-corrected chi connectivity index (χ1v) is 9.06. The summed E-state index contributed by atoms with van der Waals surface area (Å²) in [7, 11) is 0. The molecule has 2 aliphatic carbocycles. The molecule has 8 heteroatoms. The largest absolute Gasteiger partial charge is 0.195 e. The van der Waals surface area contributed by atoms with Crippen LogP contribution in [0.2, 0.25) is 0 Å². The summed E-state index contributed by atoms with van der Waals surface area (Å²) < 4.78 is -2.67. The molecule has 2 saturated carbocycles. The zero-order valence-corrected chi connectivity index (χ0v) is 15.7. The number of hydrogen-bond donors (Lipinski definition) is 0. The Morgan fingerprint density at radius 1 is 1.00 bits per heavy atom. The summed E-state index contributed by atoms with van der Waals surface area (Å²) in [6.07, 6.45) is 2.11. The van der Waals surface area contributed by atoms with Crippen molar-refractivity contribution >= 4 is 92.8 Å². The Kier molecular flexibility index (Phi) is 5.65. The normalized spacial score (nSPS) is 40.7. The number of hydrogen-bond acceptors (Lipinski definition) is 0. The van der Waals surface area contributed by atoms with Gasteiger partial charge in [-0.3, -0.25) is 0 Å². The van der Waals surface area contributed by atoms with Crippen LogP contribution in [0.1, 0.15) is 19.3 Å². The molecule has 6 atom stereocenters. The molecule has 2 aliphatic rings. The molecule has 0 aliphatic heterocycles. The van der Waals surface area contributed by atoms with E-state index in [0.717, 1.165) is 12.8 Å². The molecule has 0 N–H and O–H groups in total. The van der Waals surface area contributed by atoms with Crippen LogP contribution >= 0.6 is 92.8 Å². The summed E-state index contributed by atoms with van der Waals surface area (Å²) in [6.45, 7) is 0. The monoisotopic (exact) mass is 424 g/mol. The lowest BCUT2D eigenvalue weighted by Gasteiger charge is -2.38. The van der Waals surface area contributed by atoms with Crippen LogP contribution in [-0.2, 0) is 0 Å². The third kappa shape index (κ3) is 3.99. The highest BCUT2D eigenvalue weighted by Gasteiger charge is 2.59. The van der Waals surface area contributed by atoms with Crippen molar-refractivity contribution in [3.8, 4) is 0 Å². The summed E-state index contributed by atoms with van der Waals surface area (Å²) in [6, 6.07) is 0. The Morgan fingerprint density at radius 2 is 1.58 bits per heavy atom. The summed E-state index contributed by atoms with van der Waals surface area (Å²) >= 11 is 48.3. The first-order chi connectivity index (χ1) is 8.50. The molecule has 0 aromatic carbocycles. The Labute approximate surface area is 153 Å². The fourth-order valence-corrected chi connectivity index (χ4v) is 6.64. The van der Waals surface area contributed by atoms with Gasteiger partial charge in [0, 0.05) is 23.1 Å². The molecule has 112 valence electrons. The molecule has 2 fully saturated rings. The van der Waals surface area contributed by atoms with Gasteiger partial charge < -0.3 is 0 Å². The number of fused-ring (bicyclic) bond motifs is 2. The predicted octanol–water partition coefficient (Wildman–Crippen LogP) is 6.60. The molecule has 0 spiro atoms. The highest BCUT2D eigenvalue weighted by Crippen LogP contribution is 2.62. The zero-order valence-electron chi connectivity index (χ0n) is 9.61. The van der Waals surface area contributed by atoms with Crippen molar-refractivity contribution in [3.63, 3.8) is 0 Å². The van der Waals surface area contributed by atoms with Gasteiger partial charge in [0.05, 0.1) is 0 Å². The van der Waals surface area contributed by atoms with Crippen molar-refractivity contribution in [1.29, 1.82) is 0 Å². The second-order valence-corrected chi connectivity index (χ2v) is 11.4. The van der Waals surface area contributed by atoms with Crippen molar-refractivity contribution in [2.45, 2.75) is 37.6 Å². The van der Waals surface area contributed by atoms with Crippen LogP contribution in [0, 0.1) is 23.7 Å². The molecule has 2 unspecified atom stereocenters. The van der Waals surface area contributed by atoms with Crippen molar-refractivity contribution in [3.05, 3.63) is 0 Å². The maximum absolute atomic E-state index is 6.46. The highest BCUT2D eigenvalue weighted by atomic mass is 35.6. The van der Waals surface area contributed by atoms with E-state index in [1.807, 2.05) is 0 Å². The zero-order chi connectivity index (χ0) is 14.6. The molecule has 0 amide bonds. The Balaban J connectivity index is 2.05. The van der Waals surface area contributed by atoms with E-state index in [1.165, 1.54) is 0 Å². The number of alkyl halides is 8. The molecule has 0 nitrogen and oxygen atoms in total. The quantitative estimate of drug-likeness (QED) is 0.435. The fraction of sp³-hybridized carbons (Fsp3) is 1.00. The molecule has 0 saturated heterocycles. The van der Waals surface area contributed by atoms with Gasteiger partial charge in [0.15, 0.2) is 7.59 Å². The van der Waals surface area contributed by atoms with Crippen LogP contribution in [0.4, 0.5) is 0 Å². The SMILES string of the molecule is ClC(CC(Cl)(Cl)Cl)C1C[C@H]2C[C@@H]1[C@@H](Cl)[C@@H]2C(Cl)(Cl)Cl. The molecule has 19 heavy (non-hydrogen) atoms. The number of halogens is 8.